The highest BCUT2D eigenvalue weighted by Crippen LogP contribution is 2.44. The number of carbonyl (C=O) groups is 2. The van der Waals surface area contributed by atoms with Crippen LogP contribution < -0.4 is 9.47 Å². The minimum absolute atomic E-state index is 0.139. The highest BCUT2D eigenvalue weighted by Gasteiger charge is 2.52. The summed E-state index contributed by atoms with van der Waals surface area (Å²) in [7, 11) is 3.19. The van der Waals surface area contributed by atoms with Crippen molar-refractivity contribution in [3.63, 3.8) is 0 Å². The first-order valence-corrected chi connectivity index (χ1v) is 13.4. The first-order valence-electron chi connectivity index (χ1n) is 13.4. The Balaban J connectivity index is 1.36. The molecule has 3 heterocycles. The molecule has 0 radical (unpaired) electrons. The van der Waals surface area contributed by atoms with Gasteiger partial charge >= 0.3 is 6.03 Å². The molecule has 0 bridgehead atoms. The van der Waals surface area contributed by atoms with Gasteiger partial charge in [-0.25, -0.2) is 4.79 Å². The van der Waals surface area contributed by atoms with Gasteiger partial charge in [-0.3, -0.25) is 14.6 Å². The number of benzene rings is 3. The number of fused-ring (bicyclic) bond motifs is 4. The molecule has 0 aliphatic carbocycles. The topological polar surface area (TPSA) is 74.9 Å². The Hall–Kier alpha value is -4.26. The molecule has 1 saturated heterocycles. The molecular weight excluding hydrogens is 490 g/mol. The largest absolute Gasteiger partial charge is 0.493 e. The zero-order chi connectivity index (χ0) is 27.3. The third-order valence-corrected chi connectivity index (χ3v) is 8.13. The number of methoxy groups -OCH3 is 2. The van der Waals surface area contributed by atoms with Crippen LogP contribution in [0.3, 0.4) is 0 Å². The van der Waals surface area contributed by atoms with E-state index in [1.54, 1.807) is 19.1 Å². The van der Waals surface area contributed by atoms with E-state index in [0.29, 0.717) is 36.8 Å². The van der Waals surface area contributed by atoms with Crippen LogP contribution in [0.15, 0.2) is 66.7 Å². The Morgan fingerprint density at radius 2 is 1.69 bits per heavy atom. The lowest BCUT2D eigenvalue weighted by atomic mass is 9.88. The fourth-order valence-electron chi connectivity index (χ4n) is 6.02. The van der Waals surface area contributed by atoms with Crippen molar-refractivity contribution in [2.45, 2.75) is 44.7 Å². The summed E-state index contributed by atoms with van der Waals surface area (Å²) in [5.41, 5.74) is 6.34. The average molecular weight is 524 g/mol. The van der Waals surface area contributed by atoms with E-state index in [4.69, 9.17) is 9.47 Å². The van der Waals surface area contributed by atoms with Crippen molar-refractivity contribution in [3.05, 3.63) is 94.7 Å². The number of amides is 3. The lowest BCUT2D eigenvalue weighted by molar-refractivity contribution is -0.128. The zero-order valence-corrected chi connectivity index (χ0v) is 22.7. The van der Waals surface area contributed by atoms with E-state index in [2.05, 4.69) is 55.2 Å². The molecule has 1 N–H and O–H groups in total. The molecule has 2 aliphatic rings. The number of carbonyl (C=O) groups excluding carboxylic acids is 2. The normalized spacial score (nSPS) is 18.6. The van der Waals surface area contributed by atoms with Gasteiger partial charge < -0.3 is 14.5 Å². The number of hydrogen-bond donors (Lipinski definition) is 1. The number of nitrogens with zero attached hydrogens (tertiary/aromatic N) is 2. The van der Waals surface area contributed by atoms with Crippen LogP contribution in [0.2, 0.25) is 0 Å². The van der Waals surface area contributed by atoms with Crippen molar-refractivity contribution in [3.8, 4) is 11.5 Å². The molecule has 2 aliphatic heterocycles. The van der Waals surface area contributed by atoms with Crippen molar-refractivity contribution in [2.24, 2.45) is 0 Å². The number of nitrogens with one attached hydrogen (secondary N) is 1. The van der Waals surface area contributed by atoms with Gasteiger partial charge in [0.05, 0.1) is 14.2 Å². The number of aromatic amines is 1. The molecule has 3 amide bonds. The monoisotopic (exact) mass is 523 g/mol. The maximum absolute atomic E-state index is 14.0. The van der Waals surface area contributed by atoms with Crippen LogP contribution in [0.4, 0.5) is 4.79 Å². The number of para-hydroxylation sites is 1. The Kier molecular flexibility index (Phi) is 6.29. The summed E-state index contributed by atoms with van der Waals surface area (Å²) < 4.78 is 10.8. The lowest BCUT2D eigenvalue weighted by Gasteiger charge is -2.36. The first-order chi connectivity index (χ1) is 18.9. The highest BCUT2D eigenvalue weighted by atomic mass is 16.5. The van der Waals surface area contributed by atoms with Crippen molar-refractivity contribution >= 4 is 22.8 Å². The van der Waals surface area contributed by atoms with Crippen LogP contribution in [-0.2, 0) is 17.6 Å². The summed E-state index contributed by atoms with van der Waals surface area (Å²) in [4.78, 5) is 34.6. The summed E-state index contributed by atoms with van der Waals surface area (Å²) in [6.07, 6.45) is 1.03. The Morgan fingerprint density at radius 3 is 2.41 bits per heavy atom. The smallest absolute Gasteiger partial charge is 0.328 e. The number of urea groups is 1. The molecule has 3 aromatic carbocycles. The standard InChI is InChI=1S/C32H33N3O4/c1-19(2)21-10-12-22(13-11-21)30-29-24(23-7-5-6-8-25(23)33-29)18-26-31(36)34(32(37)35(26)30)16-15-20-9-14-27(38-3)28(17-20)39-4/h5-14,17,19,26,30,33H,15-16,18H2,1-4H3/t26-,30+/m1/s1. The Morgan fingerprint density at radius 1 is 0.949 bits per heavy atom. The summed E-state index contributed by atoms with van der Waals surface area (Å²) in [6, 6.07) is 21.2. The van der Waals surface area contributed by atoms with Gasteiger partial charge in [-0.05, 0) is 52.8 Å². The maximum Gasteiger partial charge on any atom is 0.328 e. The van der Waals surface area contributed by atoms with E-state index >= 15 is 0 Å². The highest BCUT2D eigenvalue weighted by molar-refractivity contribution is 6.05. The van der Waals surface area contributed by atoms with E-state index < -0.39 is 6.04 Å². The number of H-pyrrole nitrogens is 1. The number of rotatable bonds is 7. The molecule has 7 nitrogen and oxygen atoms in total. The second kappa shape index (κ2) is 9.80. The predicted molar refractivity (Wildman–Crippen MR) is 150 cm³/mol. The molecule has 1 aromatic heterocycles. The first kappa shape index (κ1) is 25.0. The third kappa shape index (κ3) is 4.13. The number of hydrogen-bond acceptors (Lipinski definition) is 4. The Bertz CT molecular complexity index is 1560. The van der Waals surface area contributed by atoms with Gasteiger partial charge in [0.25, 0.3) is 5.91 Å². The third-order valence-electron chi connectivity index (χ3n) is 8.13. The van der Waals surface area contributed by atoms with Crippen molar-refractivity contribution < 1.29 is 19.1 Å². The average Bonchev–Trinajstić information content (AvgIpc) is 3.44. The van der Waals surface area contributed by atoms with Crippen molar-refractivity contribution in [2.75, 3.05) is 20.8 Å². The van der Waals surface area contributed by atoms with Crippen LogP contribution in [0.5, 0.6) is 11.5 Å². The van der Waals surface area contributed by atoms with Crippen LogP contribution in [-0.4, -0.2) is 53.5 Å². The molecule has 39 heavy (non-hydrogen) atoms. The molecule has 0 saturated carbocycles. The van der Waals surface area contributed by atoms with Gasteiger partial charge in [0.15, 0.2) is 11.5 Å². The quantitative estimate of drug-likeness (QED) is 0.309. The lowest BCUT2D eigenvalue weighted by Crippen LogP contribution is -2.44. The van der Waals surface area contributed by atoms with E-state index in [1.165, 1.54) is 10.5 Å². The van der Waals surface area contributed by atoms with Crippen LogP contribution in [0.25, 0.3) is 10.9 Å². The minimum atomic E-state index is -0.538. The van der Waals surface area contributed by atoms with Gasteiger partial charge in [-0.15, -0.1) is 0 Å². The van der Waals surface area contributed by atoms with E-state index in [-0.39, 0.29) is 18.0 Å². The molecule has 7 heteroatoms. The van der Waals surface area contributed by atoms with E-state index in [1.807, 2.05) is 30.3 Å². The zero-order valence-electron chi connectivity index (χ0n) is 22.7. The summed E-state index contributed by atoms with van der Waals surface area (Å²) >= 11 is 0. The second-order valence-electron chi connectivity index (χ2n) is 10.6. The summed E-state index contributed by atoms with van der Waals surface area (Å²) in [5.74, 6) is 1.54. The van der Waals surface area contributed by atoms with Gasteiger partial charge in [0, 0.05) is 29.6 Å². The summed E-state index contributed by atoms with van der Waals surface area (Å²) in [5, 5.41) is 1.11. The molecule has 0 unspecified atom stereocenters. The molecule has 2 atom stereocenters. The minimum Gasteiger partial charge on any atom is -0.493 e. The molecule has 0 spiro atoms. The van der Waals surface area contributed by atoms with Gasteiger partial charge in [0.1, 0.15) is 12.1 Å². The van der Waals surface area contributed by atoms with E-state index in [0.717, 1.165) is 33.3 Å². The summed E-state index contributed by atoms with van der Waals surface area (Å²) in [6.45, 7) is 4.63. The fourth-order valence-corrected chi connectivity index (χ4v) is 6.02. The second-order valence-corrected chi connectivity index (χ2v) is 10.6. The van der Waals surface area contributed by atoms with Gasteiger partial charge in [-0.2, -0.15) is 0 Å². The molecule has 4 aromatic rings. The van der Waals surface area contributed by atoms with Crippen LogP contribution in [0.1, 0.15) is 53.8 Å². The fraction of sp³-hybridized carbons (Fsp3) is 0.312. The molecule has 6 rings (SSSR count). The Labute approximate surface area is 228 Å². The predicted octanol–water partition coefficient (Wildman–Crippen LogP) is 5.83. The number of ether oxygens (including phenoxy) is 2. The van der Waals surface area contributed by atoms with Gasteiger partial charge in [-0.1, -0.05) is 62.4 Å². The maximum atomic E-state index is 14.0. The number of imide groups is 1. The molecule has 200 valence electrons. The number of aromatic nitrogens is 1. The SMILES string of the molecule is COc1ccc(CCN2C(=O)[C@H]3Cc4c([nH]c5ccccc45)[C@H](c4ccc(C(C)C)cc4)N3C2=O)cc1OC. The van der Waals surface area contributed by atoms with Gasteiger partial charge in [0.2, 0.25) is 0 Å². The van der Waals surface area contributed by atoms with Crippen molar-refractivity contribution in [1.29, 1.82) is 0 Å². The molecular formula is C32H33N3O4. The van der Waals surface area contributed by atoms with E-state index in [9.17, 15) is 9.59 Å². The molecule has 1 fully saturated rings. The van der Waals surface area contributed by atoms with Crippen LogP contribution in [0, 0.1) is 0 Å². The van der Waals surface area contributed by atoms with Crippen LogP contribution >= 0.6 is 0 Å². The van der Waals surface area contributed by atoms with Crippen molar-refractivity contribution in [1.82, 2.24) is 14.8 Å².